The number of hydrogen-bond acceptors (Lipinski definition) is 2. The van der Waals surface area contributed by atoms with Gasteiger partial charge in [-0.05, 0) is 23.3 Å². The van der Waals surface area contributed by atoms with Gasteiger partial charge in [-0.25, -0.2) is 0 Å². The Morgan fingerprint density at radius 1 is 1.31 bits per heavy atom. The molecule has 1 aromatic heterocycles. The molecule has 88 valence electrons. The van der Waals surface area contributed by atoms with Gasteiger partial charge >= 0.3 is 0 Å². The molecule has 0 atom stereocenters. The summed E-state index contributed by atoms with van der Waals surface area (Å²) < 4.78 is 0. The van der Waals surface area contributed by atoms with Crippen LogP contribution in [0.15, 0.2) is 30.5 Å². The molecule has 0 saturated heterocycles. The van der Waals surface area contributed by atoms with E-state index in [4.69, 9.17) is 0 Å². The lowest BCUT2D eigenvalue weighted by Gasteiger charge is -2.05. The van der Waals surface area contributed by atoms with Crippen molar-refractivity contribution in [1.29, 1.82) is 0 Å². The lowest BCUT2D eigenvalue weighted by Crippen LogP contribution is -2.16. The highest BCUT2D eigenvalue weighted by Gasteiger charge is 2.00. The number of hydrogen-bond donors (Lipinski definition) is 2. The molecule has 16 heavy (non-hydrogen) atoms. The van der Waals surface area contributed by atoms with Gasteiger partial charge in [-0.2, -0.15) is 11.8 Å². The summed E-state index contributed by atoms with van der Waals surface area (Å²) in [6.07, 6.45) is 4.13. The normalized spacial score (nSPS) is 10.3. The number of nitrogens with one attached hydrogen (secondary N) is 2. The van der Waals surface area contributed by atoms with Crippen molar-refractivity contribution in [2.75, 3.05) is 18.6 Å². The van der Waals surface area contributed by atoms with Crippen LogP contribution in [0.4, 0.5) is 0 Å². The van der Waals surface area contributed by atoms with E-state index in [0.717, 1.165) is 13.1 Å². The molecule has 0 aliphatic heterocycles. The first-order valence-electron chi connectivity index (χ1n) is 5.16. The highest BCUT2D eigenvalue weighted by atomic mass is 35.5. The van der Waals surface area contributed by atoms with E-state index in [9.17, 15) is 0 Å². The number of para-hydroxylation sites is 1. The summed E-state index contributed by atoms with van der Waals surface area (Å²) in [6.45, 7) is 2.01. The summed E-state index contributed by atoms with van der Waals surface area (Å²) in [5.74, 6) is 1.17. The summed E-state index contributed by atoms with van der Waals surface area (Å²) in [6, 6.07) is 8.53. The predicted molar refractivity (Wildman–Crippen MR) is 75.6 cm³/mol. The minimum atomic E-state index is 0. The van der Waals surface area contributed by atoms with Crippen LogP contribution in [0, 0.1) is 0 Å². The summed E-state index contributed by atoms with van der Waals surface area (Å²) in [7, 11) is 0. The second kappa shape index (κ2) is 6.84. The number of H-pyrrole nitrogens is 1. The van der Waals surface area contributed by atoms with E-state index in [2.05, 4.69) is 40.8 Å². The largest absolute Gasteiger partial charge is 0.361 e. The van der Waals surface area contributed by atoms with E-state index < -0.39 is 0 Å². The van der Waals surface area contributed by atoms with Crippen LogP contribution in [0.2, 0.25) is 0 Å². The Balaban J connectivity index is 0.00000128. The summed E-state index contributed by atoms with van der Waals surface area (Å²) in [4.78, 5) is 3.28. The minimum absolute atomic E-state index is 0. The smallest absolute Gasteiger partial charge is 0.0499 e. The molecule has 0 bridgehead atoms. The first-order chi connectivity index (χ1) is 7.42. The van der Waals surface area contributed by atoms with Crippen molar-refractivity contribution in [3.8, 4) is 0 Å². The second-order valence-corrected chi connectivity index (χ2v) is 4.51. The van der Waals surface area contributed by atoms with E-state index in [1.807, 2.05) is 18.0 Å². The Hall–Kier alpha value is -0.640. The highest BCUT2D eigenvalue weighted by Crippen LogP contribution is 2.16. The Labute approximate surface area is 107 Å². The quantitative estimate of drug-likeness (QED) is 0.805. The van der Waals surface area contributed by atoms with Crippen LogP contribution in [-0.4, -0.2) is 23.5 Å². The van der Waals surface area contributed by atoms with Crippen molar-refractivity contribution < 1.29 is 0 Å². The van der Waals surface area contributed by atoms with Gasteiger partial charge in [-0.3, -0.25) is 0 Å². The average Bonchev–Trinajstić information content (AvgIpc) is 2.73. The number of aromatic amines is 1. The lowest BCUT2D eigenvalue weighted by atomic mass is 10.1. The molecule has 0 spiro atoms. The Morgan fingerprint density at radius 2 is 2.19 bits per heavy atom. The van der Waals surface area contributed by atoms with Crippen molar-refractivity contribution in [2.45, 2.75) is 6.54 Å². The molecule has 2 aromatic rings. The number of thioether (sulfide) groups is 1. The second-order valence-electron chi connectivity index (χ2n) is 3.53. The molecule has 1 heterocycles. The number of aromatic nitrogens is 1. The summed E-state index contributed by atoms with van der Waals surface area (Å²) >= 11 is 1.87. The number of fused-ring (bicyclic) bond motifs is 1. The fraction of sp³-hybridized carbons (Fsp3) is 0.333. The van der Waals surface area contributed by atoms with E-state index in [0.29, 0.717) is 0 Å². The van der Waals surface area contributed by atoms with Crippen LogP contribution in [0.5, 0.6) is 0 Å². The molecule has 1 aromatic carbocycles. The zero-order chi connectivity index (χ0) is 10.5. The molecule has 0 radical (unpaired) electrons. The molecule has 0 amide bonds. The maximum absolute atomic E-state index is 3.44. The monoisotopic (exact) mass is 256 g/mol. The van der Waals surface area contributed by atoms with E-state index in [1.54, 1.807) is 0 Å². The molecular formula is C12H17ClN2S. The van der Waals surface area contributed by atoms with Gasteiger partial charge in [-0.15, -0.1) is 12.4 Å². The molecular weight excluding hydrogens is 240 g/mol. The molecule has 0 unspecified atom stereocenters. The van der Waals surface area contributed by atoms with Gasteiger partial charge in [0.15, 0.2) is 0 Å². The first-order valence-corrected chi connectivity index (χ1v) is 6.56. The number of rotatable bonds is 5. The summed E-state index contributed by atoms with van der Waals surface area (Å²) in [5, 5.41) is 4.73. The Kier molecular flexibility index (Phi) is 5.74. The van der Waals surface area contributed by atoms with Gasteiger partial charge in [0, 0.05) is 30.6 Å². The third-order valence-electron chi connectivity index (χ3n) is 2.47. The Bertz CT molecular complexity index is 428. The highest BCUT2D eigenvalue weighted by molar-refractivity contribution is 7.98. The molecule has 0 saturated carbocycles. The number of benzene rings is 1. The van der Waals surface area contributed by atoms with Gasteiger partial charge in [0.2, 0.25) is 0 Å². The van der Waals surface area contributed by atoms with Gasteiger partial charge in [0.25, 0.3) is 0 Å². The maximum Gasteiger partial charge on any atom is 0.0499 e. The molecule has 0 aliphatic rings. The van der Waals surface area contributed by atoms with E-state index in [-0.39, 0.29) is 12.4 Å². The van der Waals surface area contributed by atoms with Crippen LogP contribution in [0.1, 0.15) is 5.56 Å². The third-order valence-corrected chi connectivity index (χ3v) is 3.08. The van der Waals surface area contributed by atoms with E-state index in [1.165, 1.54) is 22.2 Å². The van der Waals surface area contributed by atoms with Crippen molar-refractivity contribution >= 4 is 35.1 Å². The standard InChI is InChI=1S/C12H16N2S.ClH/c1-15-8-7-13-9-11-4-2-3-10-5-6-14-12(10)11;/h2-6,13-14H,7-9H2,1H3;1H. The van der Waals surface area contributed by atoms with Crippen LogP contribution >= 0.6 is 24.2 Å². The van der Waals surface area contributed by atoms with Crippen LogP contribution < -0.4 is 5.32 Å². The van der Waals surface area contributed by atoms with E-state index >= 15 is 0 Å². The van der Waals surface area contributed by atoms with Crippen molar-refractivity contribution in [3.05, 3.63) is 36.0 Å². The molecule has 2 nitrogen and oxygen atoms in total. The topological polar surface area (TPSA) is 27.8 Å². The lowest BCUT2D eigenvalue weighted by molar-refractivity contribution is 0.735. The average molecular weight is 257 g/mol. The SMILES string of the molecule is CSCCNCc1cccc2cc[nH]c12.Cl. The zero-order valence-electron chi connectivity index (χ0n) is 9.32. The fourth-order valence-electron chi connectivity index (χ4n) is 1.69. The fourth-order valence-corrected chi connectivity index (χ4v) is 2.04. The van der Waals surface area contributed by atoms with Crippen LogP contribution in [0.25, 0.3) is 10.9 Å². The molecule has 0 aliphatic carbocycles. The zero-order valence-corrected chi connectivity index (χ0v) is 11.0. The molecule has 0 fully saturated rings. The van der Waals surface area contributed by atoms with Gasteiger partial charge in [0.05, 0.1) is 0 Å². The summed E-state index contributed by atoms with van der Waals surface area (Å²) in [5.41, 5.74) is 2.60. The number of halogens is 1. The maximum atomic E-state index is 3.44. The van der Waals surface area contributed by atoms with Crippen molar-refractivity contribution in [1.82, 2.24) is 10.3 Å². The van der Waals surface area contributed by atoms with Crippen molar-refractivity contribution in [2.24, 2.45) is 0 Å². The molecule has 2 rings (SSSR count). The van der Waals surface area contributed by atoms with Gasteiger partial charge in [-0.1, -0.05) is 18.2 Å². The van der Waals surface area contributed by atoms with Gasteiger partial charge < -0.3 is 10.3 Å². The molecule has 2 N–H and O–H groups in total. The molecule has 4 heteroatoms. The van der Waals surface area contributed by atoms with Crippen LogP contribution in [0.3, 0.4) is 0 Å². The predicted octanol–water partition coefficient (Wildman–Crippen LogP) is 3.04. The minimum Gasteiger partial charge on any atom is -0.361 e. The third kappa shape index (κ3) is 3.17. The Morgan fingerprint density at radius 3 is 3.00 bits per heavy atom. The van der Waals surface area contributed by atoms with Crippen LogP contribution in [-0.2, 0) is 6.54 Å². The first kappa shape index (κ1) is 13.4. The van der Waals surface area contributed by atoms with Crippen molar-refractivity contribution in [3.63, 3.8) is 0 Å². The van der Waals surface area contributed by atoms with Gasteiger partial charge in [0.1, 0.15) is 0 Å².